The first-order chi connectivity index (χ1) is 17.0. The maximum Gasteiger partial charge on any atom is 0.174 e. The standard InChI is InChI=1S/C29H30INO4/c1-3-35-25-16-19(15-20(30)29(25)34-2)26-27-21(11-7-13-23(27)32)31(17-18-9-5-4-6-10-18)22-12-8-14-24(33)28(22)26/h4-6,9-10,15-16,26H,3,7-8,11-14,17H2,1-2H3. The molecule has 2 aliphatic carbocycles. The molecule has 0 N–H and O–H groups in total. The van der Waals surface area contributed by atoms with Crippen LogP contribution in [0.2, 0.25) is 0 Å². The first-order valence-electron chi connectivity index (χ1n) is 12.4. The predicted molar refractivity (Wildman–Crippen MR) is 143 cm³/mol. The Labute approximate surface area is 220 Å². The smallest absolute Gasteiger partial charge is 0.174 e. The number of Topliss-reactive ketones (excluding diaryl/α,β-unsaturated/α-hetero) is 2. The largest absolute Gasteiger partial charge is 0.492 e. The second-order valence-electron chi connectivity index (χ2n) is 9.25. The molecule has 1 heterocycles. The molecule has 182 valence electrons. The van der Waals surface area contributed by atoms with Crippen molar-refractivity contribution in [1.29, 1.82) is 0 Å². The Kier molecular flexibility index (Phi) is 7.00. The summed E-state index contributed by atoms with van der Waals surface area (Å²) in [6, 6.07) is 14.3. The van der Waals surface area contributed by atoms with E-state index < -0.39 is 0 Å². The minimum atomic E-state index is -0.355. The molecular formula is C29H30INO4. The van der Waals surface area contributed by atoms with E-state index in [1.807, 2.05) is 31.2 Å². The van der Waals surface area contributed by atoms with Crippen molar-refractivity contribution in [2.45, 2.75) is 57.9 Å². The summed E-state index contributed by atoms with van der Waals surface area (Å²) in [5.74, 6) is 1.29. The van der Waals surface area contributed by atoms with Crippen molar-refractivity contribution >= 4 is 34.2 Å². The number of hydrogen-bond acceptors (Lipinski definition) is 5. The summed E-state index contributed by atoms with van der Waals surface area (Å²) < 4.78 is 12.4. The van der Waals surface area contributed by atoms with Gasteiger partial charge in [0, 0.05) is 47.8 Å². The molecule has 2 aromatic carbocycles. The van der Waals surface area contributed by atoms with E-state index in [-0.39, 0.29) is 17.5 Å². The van der Waals surface area contributed by atoms with E-state index in [1.54, 1.807) is 7.11 Å². The number of benzene rings is 2. The molecule has 5 nitrogen and oxygen atoms in total. The molecule has 1 aliphatic heterocycles. The van der Waals surface area contributed by atoms with Gasteiger partial charge >= 0.3 is 0 Å². The minimum absolute atomic E-state index is 0.156. The van der Waals surface area contributed by atoms with Gasteiger partial charge in [-0.3, -0.25) is 9.59 Å². The van der Waals surface area contributed by atoms with E-state index in [1.165, 1.54) is 5.56 Å². The molecule has 0 aromatic heterocycles. The molecule has 0 amide bonds. The minimum Gasteiger partial charge on any atom is -0.492 e. The Balaban J connectivity index is 1.72. The van der Waals surface area contributed by atoms with Crippen molar-refractivity contribution in [3.63, 3.8) is 0 Å². The Hall–Kier alpha value is -2.61. The zero-order valence-electron chi connectivity index (χ0n) is 20.2. The molecule has 0 fully saturated rings. The Morgan fingerprint density at radius 2 is 1.57 bits per heavy atom. The van der Waals surface area contributed by atoms with Crippen LogP contribution >= 0.6 is 22.6 Å². The molecule has 0 spiro atoms. The van der Waals surface area contributed by atoms with Crippen LogP contribution in [0.25, 0.3) is 0 Å². The van der Waals surface area contributed by atoms with Gasteiger partial charge < -0.3 is 14.4 Å². The van der Waals surface area contributed by atoms with E-state index in [0.717, 1.165) is 57.4 Å². The fourth-order valence-electron chi connectivity index (χ4n) is 5.72. The Bertz CT molecular complexity index is 1190. The predicted octanol–water partition coefficient (Wildman–Crippen LogP) is 6.31. The van der Waals surface area contributed by atoms with Crippen molar-refractivity contribution in [1.82, 2.24) is 4.90 Å². The zero-order valence-corrected chi connectivity index (χ0v) is 22.4. The summed E-state index contributed by atoms with van der Waals surface area (Å²) in [6.07, 6.45) is 4.43. The first-order valence-corrected chi connectivity index (χ1v) is 13.5. The third kappa shape index (κ3) is 4.41. The second kappa shape index (κ2) is 10.2. The topological polar surface area (TPSA) is 55.8 Å². The van der Waals surface area contributed by atoms with Crippen molar-refractivity contribution < 1.29 is 19.1 Å². The number of rotatable bonds is 6. The lowest BCUT2D eigenvalue weighted by Gasteiger charge is -2.44. The number of carbonyl (C=O) groups is 2. The van der Waals surface area contributed by atoms with Crippen molar-refractivity contribution in [2.24, 2.45) is 0 Å². The van der Waals surface area contributed by atoms with Gasteiger partial charge in [-0.05, 0) is 78.5 Å². The fraction of sp³-hybridized carbons (Fsp3) is 0.379. The van der Waals surface area contributed by atoms with Crippen LogP contribution in [0.1, 0.15) is 62.5 Å². The Morgan fingerprint density at radius 1 is 0.943 bits per heavy atom. The molecule has 0 atom stereocenters. The molecule has 6 heteroatoms. The third-order valence-corrected chi connectivity index (χ3v) is 7.94. The van der Waals surface area contributed by atoms with E-state index in [4.69, 9.17) is 9.47 Å². The van der Waals surface area contributed by atoms with Gasteiger partial charge in [-0.15, -0.1) is 0 Å². The SMILES string of the molecule is CCOc1cc(C2C3=C(CCCC3=O)N(Cc3ccccc3)C3=C2C(=O)CCC3)cc(I)c1OC. The number of methoxy groups -OCH3 is 1. The van der Waals surface area contributed by atoms with Gasteiger partial charge in [-0.1, -0.05) is 30.3 Å². The highest BCUT2D eigenvalue weighted by Gasteiger charge is 2.43. The molecule has 0 saturated carbocycles. The van der Waals surface area contributed by atoms with Crippen molar-refractivity contribution in [2.75, 3.05) is 13.7 Å². The van der Waals surface area contributed by atoms with E-state index >= 15 is 0 Å². The van der Waals surface area contributed by atoms with Gasteiger partial charge in [0.25, 0.3) is 0 Å². The monoisotopic (exact) mass is 583 g/mol. The highest BCUT2D eigenvalue weighted by molar-refractivity contribution is 14.1. The number of hydrogen-bond donors (Lipinski definition) is 0. The number of nitrogens with zero attached hydrogens (tertiary/aromatic N) is 1. The lowest BCUT2D eigenvalue weighted by molar-refractivity contribution is -0.117. The molecule has 2 aromatic rings. The van der Waals surface area contributed by atoms with E-state index in [0.29, 0.717) is 37.5 Å². The van der Waals surface area contributed by atoms with Crippen LogP contribution in [0.15, 0.2) is 65.0 Å². The van der Waals surface area contributed by atoms with Crippen LogP contribution in [-0.4, -0.2) is 30.2 Å². The number of ether oxygens (including phenoxy) is 2. The van der Waals surface area contributed by atoms with Gasteiger partial charge in [0.2, 0.25) is 0 Å². The van der Waals surface area contributed by atoms with Gasteiger partial charge in [-0.25, -0.2) is 0 Å². The number of halogens is 1. The second-order valence-corrected chi connectivity index (χ2v) is 10.4. The van der Waals surface area contributed by atoms with Crippen LogP contribution in [0.3, 0.4) is 0 Å². The van der Waals surface area contributed by atoms with Crippen LogP contribution < -0.4 is 9.47 Å². The quantitative estimate of drug-likeness (QED) is 0.373. The molecule has 0 bridgehead atoms. The van der Waals surface area contributed by atoms with Crippen LogP contribution in [0.5, 0.6) is 11.5 Å². The van der Waals surface area contributed by atoms with Crippen molar-refractivity contribution in [3.8, 4) is 11.5 Å². The normalized spacial score (nSPS) is 18.5. The number of allylic oxidation sites excluding steroid dienone is 4. The summed E-state index contributed by atoms with van der Waals surface area (Å²) in [5, 5.41) is 0. The molecule has 0 radical (unpaired) electrons. The summed E-state index contributed by atoms with van der Waals surface area (Å²) in [4.78, 5) is 29.4. The van der Waals surface area contributed by atoms with Crippen LogP contribution in [0, 0.1) is 3.57 Å². The van der Waals surface area contributed by atoms with E-state index in [9.17, 15) is 9.59 Å². The third-order valence-electron chi connectivity index (χ3n) is 7.14. The summed E-state index contributed by atoms with van der Waals surface area (Å²) in [5.41, 5.74) is 5.88. The first kappa shape index (κ1) is 24.1. The van der Waals surface area contributed by atoms with Gasteiger partial charge in [-0.2, -0.15) is 0 Å². The molecule has 5 rings (SSSR count). The Morgan fingerprint density at radius 3 is 2.14 bits per heavy atom. The summed E-state index contributed by atoms with van der Waals surface area (Å²) in [6.45, 7) is 3.12. The average molecular weight is 583 g/mol. The van der Waals surface area contributed by atoms with E-state index in [2.05, 4.69) is 45.7 Å². The molecular weight excluding hydrogens is 553 g/mol. The molecule has 0 unspecified atom stereocenters. The fourth-order valence-corrected chi connectivity index (χ4v) is 6.57. The lowest BCUT2D eigenvalue weighted by Crippen LogP contribution is -2.38. The average Bonchev–Trinajstić information content (AvgIpc) is 2.85. The molecule has 0 saturated heterocycles. The maximum absolute atomic E-state index is 13.5. The maximum atomic E-state index is 13.5. The van der Waals surface area contributed by atoms with Crippen LogP contribution in [0.4, 0.5) is 0 Å². The highest BCUT2D eigenvalue weighted by Crippen LogP contribution is 2.51. The van der Waals surface area contributed by atoms with Gasteiger partial charge in [0.05, 0.1) is 17.3 Å². The summed E-state index contributed by atoms with van der Waals surface area (Å²) >= 11 is 2.26. The van der Waals surface area contributed by atoms with Gasteiger partial charge in [0.1, 0.15) is 0 Å². The molecule has 3 aliphatic rings. The number of carbonyl (C=O) groups excluding carboxylic acids is 2. The number of ketones is 2. The van der Waals surface area contributed by atoms with Crippen molar-refractivity contribution in [3.05, 3.63) is 79.7 Å². The molecule has 35 heavy (non-hydrogen) atoms. The highest BCUT2D eigenvalue weighted by atomic mass is 127. The summed E-state index contributed by atoms with van der Waals surface area (Å²) in [7, 11) is 1.64. The van der Waals surface area contributed by atoms with Crippen LogP contribution in [-0.2, 0) is 16.1 Å². The zero-order chi connectivity index (χ0) is 24.5. The lowest BCUT2D eigenvalue weighted by atomic mass is 9.71. The van der Waals surface area contributed by atoms with Gasteiger partial charge in [0.15, 0.2) is 23.1 Å².